The van der Waals surface area contributed by atoms with E-state index in [9.17, 15) is 19.2 Å². The van der Waals surface area contributed by atoms with Gasteiger partial charge in [0, 0.05) is 34.0 Å². The van der Waals surface area contributed by atoms with Gasteiger partial charge in [0.1, 0.15) is 23.7 Å². The molecule has 2 aliphatic carbocycles. The second kappa shape index (κ2) is 15.1. The van der Waals surface area contributed by atoms with E-state index in [4.69, 9.17) is 19.4 Å². The third-order valence-corrected chi connectivity index (χ3v) is 13.5. The van der Waals surface area contributed by atoms with Gasteiger partial charge in [-0.2, -0.15) is 0 Å². The molecule has 6 aromatic rings. The first kappa shape index (κ1) is 39.5. The van der Waals surface area contributed by atoms with Crippen LogP contribution in [0.5, 0.6) is 0 Å². The number of rotatable bonds is 8. The number of hydrogen-bond acceptors (Lipinski definition) is 8. The average Bonchev–Trinajstić information content (AvgIpc) is 3.91. The highest BCUT2D eigenvalue weighted by Gasteiger charge is 2.57. The molecule has 3 unspecified atom stereocenters. The van der Waals surface area contributed by atoms with Crippen LogP contribution in [0, 0.1) is 35.5 Å². The maximum Gasteiger partial charge on any atom is 0.407 e. The Morgan fingerprint density at radius 2 is 1.05 bits per heavy atom. The zero-order chi connectivity index (χ0) is 43.1. The summed E-state index contributed by atoms with van der Waals surface area (Å²) in [6.45, 7) is 7.69. The number of amides is 4. The van der Waals surface area contributed by atoms with Crippen molar-refractivity contribution < 1.29 is 28.7 Å². The molecule has 0 radical (unpaired) electrons. The van der Waals surface area contributed by atoms with Crippen LogP contribution in [0.25, 0.3) is 43.6 Å². The molecule has 14 heteroatoms. The van der Waals surface area contributed by atoms with Crippen LogP contribution < -0.4 is 10.6 Å². The number of carbonyl (C=O) groups excluding carboxylic acids is 4. The molecule has 14 nitrogen and oxygen atoms in total. The highest BCUT2D eigenvalue weighted by Crippen LogP contribution is 2.55. The number of piperidine rings is 2. The fourth-order valence-electron chi connectivity index (χ4n) is 10.0. The number of H-pyrrole nitrogens is 2. The minimum atomic E-state index is -0.689. The second-order valence-corrected chi connectivity index (χ2v) is 18.1. The molecule has 2 saturated heterocycles. The van der Waals surface area contributed by atoms with Gasteiger partial charge in [0.15, 0.2) is 0 Å². The van der Waals surface area contributed by atoms with Gasteiger partial charge in [-0.3, -0.25) is 9.59 Å². The van der Waals surface area contributed by atoms with Gasteiger partial charge in [0.05, 0.1) is 48.4 Å². The molecule has 62 heavy (non-hydrogen) atoms. The van der Waals surface area contributed by atoms with Gasteiger partial charge in [0.2, 0.25) is 11.8 Å². The lowest BCUT2D eigenvalue weighted by Gasteiger charge is -2.31. The number of carbonyl (C=O) groups is 4. The zero-order valence-corrected chi connectivity index (χ0v) is 35.6. The molecular formula is C48H50N8O6. The number of methoxy groups -OCH3 is 2. The maximum absolute atomic E-state index is 13.9. The highest BCUT2D eigenvalue weighted by molar-refractivity contribution is 6.06. The van der Waals surface area contributed by atoms with E-state index in [0.29, 0.717) is 11.8 Å². The van der Waals surface area contributed by atoms with Crippen molar-refractivity contribution in [2.45, 2.75) is 89.6 Å². The second-order valence-electron chi connectivity index (χ2n) is 18.1. The molecule has 2 aromatic heterocycles. The molecule has 318 valence electrons. The van der Waals surface area contributed by atoms with Crippen molar-refractivity contribution in [1.29, 1.82) is 0 Å². The SMILES string of the molecule is COC(=O)N[C@H](C(=O)N1C(c2nc3ccc4cc(C#Cc5ccc6c(ccc7nc([C@@H]8CC9CC9N8C(=O)[C@@H](NC(=O)OC)C(C)C)[nH]c76)c5)ccc4c3[nH]2)C[C@H]2C[C@H]21)C(C)C. The number of nitrogens with zero attached hydrogens (tertiary/aromatic N) is 4. The van der Waals surface area contributed by atoms with E-state index in [-0.39, 0.29) is 47.8 Å². The van der Waals surface area contributed by atoms with E-state index in [1.807, 2.05) is 61.8 Å². The molecule has 4 amide bonds. The number of ether oxygens (including phenoxy) is 2. The summed E-state index contributed by atoms with van der Waals surface area (Å²) < 4.78 is 9.64. The average molecular weight is 835 g/mol. The summed E-state index contributed by atoms with van der Waals surface area (Å²) in [6, 6.07) is 19.0. The van der Waals surface area contributed by atoms with E-state index in [2.05, 4.69) is 68.8 Å². The molecule has 0 spiro atoms. The molecule has 2 saturated carbocycles. The van der Waals surface area contributed by atoms with Gasteiger partial charge in [-0.15, -0.1) is 0 Å². The molecule has 10 rings (SSSR count). The van der Waals surface area contributed by atoms with Crippen molar-refractivity contribution in [3.63, 3.8) is 0 Å². The van der Waals surface area contributed by atoms with Gasteiger partial charge < -0.3 is 39.9 Å². The van der Waals surface area contributed by atoms with Crippen molar-refractivity contribution in [3.05, 3.63) is 83.4 Å². The quantitative estimate of drug-likeness (QED) is 0.116. The van der Waals surface area contributed by atoms with Gasteiger partial charge >= 0.3 is 12.2 Å². The lowest BCUT2D eigenvalue weighted by Crippen LogP contribution is -2.52. The van der Waals surface area contributed by atoms with Crippen molar-refractivity contribution in [3.8, 4) is 11.8 Å². The Hall–Kier alpha value is -6.62. The fourth-order valence-corrected chi connectivity index (χ4v) is 10.0. The Morgan fingerprint density at radius 3 is 1.44 bits per heavy atom. The van der Waals surface area contributed by atoms with Crippen LogP contribution in [0.1, 0.15) is 88.2 Å². The first-order valence-electron chi connectivity index (χ1n) is 21.6. The number of aromatic nitrogens is 4. The standard InChI is InChI=1S/C48H50N8O6/c1-23(2)39(53-47(59)61-5)45(57)55-35-19-29(35)21-37(55)43-49-33-15-11-27-17-25(9-13-31(27)41(33)51-43)7-8-26-10-14-32-28(18-26)12-16-34-42(32)52-44(50-34)38-22-30-20-36(30)56(38)46(58)40(24(3)4)54-48(60)62-6/h9-18,23-24,29-30,35-40H,19-22H2,1-6H3,(H,49,51)(H,50,52)(H,53,59)(H,54,60)/t29-,30?,35-,36?,37?,38+,39+,40+/m1/s1. The number of benzene rings is 4. The summed E-state index contributed by atoms with van der Waals surface area (Å²) >= 11 is 0. The van der Waals surface area contributed by atoms with E-state index < -0.39 is 24.3 Å². The normalized spacial score (nSPS) is 23.3. The molecule has 4 aromatic carbocycles. The van der Waals surface area contributed by atoms with Crippen LogP contribution in [-0.2, 0) is 19.1 Å². The Bertz CT molecular complexity index is 2700. The summed E-state index contributed by atoms with van der Waals surface area (Å²) in [4.78, 5) is 73.1. The minimum absolute atomic E-state index is 0.103. The first-order chi connectivity index (χ1) is 29.9. The topological polar surface area (TPSA) is 175 Å². The Kier molecular flexibility index (Phi) is 9.61. The van der Waals surface area contributed by atoms with Gasteiger partial charge in [-0.05, 0) is 96.5 Å². The van der Waals surface area contributed by atoms with Crippen LogP contribution in [0.4, 0.5) is 9.59 Å². The first-order valence-corrected chi connectivity index (χ1v) is 21.6. The predicted molar refractivity (Wildman–Crippen MR) is 234 cm³/mol. The highest BCUT2D eigenvalue weighted by atomic mass is 16.5. The summed E-state index contributed by atoms with van der Waals surface area (Å²) in [5, 5.41) is 9.60. The predicted octanol–water partition coefficient (Wildman–Crippen LogP) is 7.23. The summed E-state index contributed by atoms with van der Waals surface area (Å²) in [7, 11) is 2.61. The zero-order valence-electron chi connectivity index (χ0n) is 35.6. The Morgan fingerprint density at radius 1 is 0.629 bits per heavy atom. The summed E-state index contributed by atoms with van der Waals surface area (Å²) in [5.41, 5.74) is 5.26. The number of aromatic amines is 2. The molecule has 4 aliphatic rings. The number of hydrogen-bond donors (Lipinski definition) is 4. The lowest BCUT2D eigenvalue weighted by molar-refractivity contribution is -0.137. The van der Waals surface area contributed by atoms with Gasteiger partial charge in [-0.1, -0.05) is 63.8 Å². The number of imidazole rings is 2. The van der Waals surface area contributed by atoms with Crippen LogP contribution in [0.2, 0.25) is 0 Å². The number of likely N-dealkylation sites (tertiary alicyclic amines) is 2. The smallest absolute Gasteiger partial charge is 0.407 e. The number of nitrogens with one attached hydrogen (secondary N) is 4. The van der Waals surface area contributed by atoms with Crippen LogP contribution >= 0.6 is 0 Å². The minimum Gasteiger partial charge on any atom is -0.453 e. The third kappa shape index (κ3) is 6.84. The maximum atomic E-state index is 13.9. The molecule has 4 fully saturated rings. The van der Waals surface area contributed by atoms with Crippen molar-refractivity contribution in [2.24, 2.45) is 23.7 Å². The Labute approximate surface area is 358 Å². The van der Waals surface area contributed by atoms with E-state index >= 15 is 0 Å². The summed E-state index contributed by atoms with van der Waals surface area (Å²) in [5.74, 6) is 8.69. The lowest BCUT2D eigenvalue weighted by atomic mass is 10.0. The molecule has 0 bridgehead atoms. The molecule has 2 aliphatic heterocycles. The monoisotopic (exact) mass is 834 g/mol. The van der Waals surface area contributed by atoms with E-state index in [1.165, 1.54) is 14.2 Å². The third-order valence-electron chi connectivity index (χ3n) is 13.5. The van der Waals surface area contributed by atoms with Gasteiger partial charge in [0.25, 0.3) is 0 Å². The largest absolute Gasteiger partial charge is 0.453 e. The van der Waals surface area contributed by atoms with Crippen LogP contribution in [-0.4, -0.2) is 92.1 Å². The van der Waals surface area contributed by atoms with Crippen molar-refractivity contribution in [2.75, 3.05) is 14.2 Å². The van der Waals surface area contributed by atoms with Crippen molar-refractivity contribution >= 4 is 67.6 Å². The fraction of sp³-hybridized carbons (Fsp3) is 0.417. The number of alkyl carbamates (subject to hydrolysis) is 2. The van der Waals surface area contributed by atoms with E-state index in [0.717, 1.165) is 92.1 Å². The van der Waals surface area contributed by atoms with Crippen LogP contribution in [0.3, 0.4) is 0 Å². The van der Waals surface area contributed by atoms with E-state index in [1.54, 1.807) is 0 Å². The van der Waals surface area contributed by atoms with Crippen LogP contribution in [0.15, 0.2) is 60.7 Å². The molecule has 4 heterocycles. The molecule has 4 N–H and O–H groups in total. The Balaban J connectivity index is 0.881. The summed E-state index contributed by atoms with van der Waals surface area (Å²) in [6.07, 6.45) is 2.37. The van der Waals surface area contributed by atoms with Crippen molar-refractivity contribution in [1.82, 2.24) is 40.4 Å². The molecule has 8 atom stereocenters. The molecular weight excluding hydrogens is 785 g/mol. The van der Waals surface area contributed by atoms with Gasteiger partial charge in [-0.25, -0.2) is 19.6 Å². The number of fused-ring (bicyclic) bond motifs is 8.